The average Bonchev–Trinajstić information content (AvgIpc) is 1.57. The van der Waals surface area contributed by atoms with E-state index in [1.54, 1.807) is 0 Å². The molecular formula is C121H74N12O3. The Balaban J connectivity index is 0.000000106. The number of para-hydroxylation sites is 6. The van der Waals surface area contributed by atoms with Gasteiger partial charge in [-0.3, -0.25) is 0 Å². The molecule has 15 nitrogen and oxygen atoms in total. The Morgan fingerprint density at radius 2 is 0.412 bits per heavy atom. The zero-order valence-electron chi connectivity index (χ0n) is 72.8. The highest BCUT2D eigenvalue weighted by Crippen LogP contribution is 2.46. The average molecular weight is 1740 g/mol. The molecule has 28 aromatic rings. The van der Waals surface area contributed by atoms with Crippen LogP contribution in [-0.2, 0) is 0 Å². The number of aromatic nitrogens is 12. The SMILES string of the molecule is c1ccc(-c2nc(-c3ccccc3)nc(-c3ccc(-n4c5ccccc5c5cc6c(cc54)oc4ccccc46)c4ccccc34)n2)cc1.c1ccc(-c2nc(-c3ccccc3)nc(-c3ccc(-n4c5ccccc5c5cc6c(cc54)oc4ccccc46)cc3)n2)cc1.c1ccc(-c2nc(-c3ccccc3)nc(-c3cccc(-n4c5ccccc5c5cc6c(cc54)oc4ccccc46)c3)n2)cc1. The molecule has 9 aromatic heterocycles. The third-order valence-electron chi connectivity index (χ3n) is 25.7. The van der Waals surface area contributed by atoms with Crippen LogP contribution in [0.3, 0.4) is 0 Å². The number of hydrogen-bond donors (Lipinski definition) is 0. The Kier molecular flexibility index (Phi) is 18.8. The number of fused-ring (bicyclic) bond motifs is 19. The molecule has 0 bridgehead atoms. The van der Waals surface area contributed by atoms with Gasteiger partial charge >= 0.3 is 0 Å². The summed E-state index contributed by atoms with van der Waals surface area (Å²) in [5, 5.41) is 16.1. The number of furan rings is 3. The highest BCUT2D eigenvalue weighted by molar-refractivity contribution is 6.21. The quantitative estimate of drug-likeness (QED) is 0.114. The van der Waals surface area contributed by atoms with Crippen molar-refractivity contribution in [2.24, 2.45) is 0 Å². The lowest BCUT2D eigenvalue weighted by molar-refractivity contribution is 0.669. The fraction of sp³-hybridized carbons (Fsp3) is 0. The molecule has 636 valence electrons. The van der Waals surface area contributed by atoms with Gasteiger partial charge in [-0.25, -0.2) is 44.9 Å². The molecule has 0 aliphatic heterocycles. The molecule has 136 heavy (non-hydrogen) atoms. The molecule has 0 fully saturated rings. The lowest BCUT2D eigenvalue weighted by Gasteiger charge is -2.15. The van der Waals surface area contributed by atoms with E-state index in [1.165, 1.54) is 32.3 Å². The summed E-state index contributed by atoms with van der Waals surface area (Å²) in [6.45, 7) is 0. The third-order valence-corrected chi connectivity index (χ3v) is 25.7. The van der Waals surface area contributed by atoms with Gasteiger partial charge in [-0.1, -0.05) is 328 Å². The second kappa shape index (κ2) is 32.7. The molecule has 0 amide bonds. The number of benzene rings is 19. The molecule has 0 spiro atoms. The van der Waals surface area contributed by atoms with Gasteiger partial charge in [0.25, 0.3) is 0 Å². The van der Waals surface area contributed by atoms with E-state index in [0.717, 1.165) is 177 Å². The number of hydrogen-bond acceptors (Lipinski definition) is 12. The summed E-state index contributed by atoms with van der Waals surface area (Å²) in [5.74, 6) is 5.77. The van der Waals surface area contributed by atoms with E-state index in [0.29, 0.717) is 52.4 Å². The van der Waals surface area contributed by atoms with Crippen molar-refractivity contribution in [1.29, 1.82) is 0 Å². The maximum atomic E-state index is 6.37. The lowest BCUT2D eigenvalue weighted by atomic mass is 10.0. The fourth-order valence-electron chi connectivity index (χ4n) is 19.4. The standard InChI is InChI=1S/C43H26N4O.2C39H24N4O/c1-3-13-27(14-4-1)41-44-42(28-15-5-2-6-16-28)46-43(45-41)33-23-24-37(30-18-8-7-17-29(30)33)47-36-21-11-9-19-31(36)34-25-35-32-20-10-12-22-39(32)48-40(35)26-38(34)47;1-3-12-25(13-4-1)37-40-38(26-14-5-2-6-15-26)42-39(41-37)27-16-11-17-28(22-27)43-33-20-9-7-18-29(33)31-23-32-30-19-8-10-21-35(30)44-36(32)24-34(31)43;1-3-11-25(12-4-1)37-40-38(26-13-5-2-6-14-26)42-39(41-37)27-19-21-28(22-20-27)43-33-17-9-7-15-29(33)31-23-32-30-16-8-10-18-35(30)44-36(32)24-34(31)43/h1-26H;2*1-24H. The van der Waals surface area contributed by atoms with Gasteiger partial charge in [0.15, 0.2) is 52.4 Å². The van der Waals surface area contributed by atoms with Crippen LogP contribution in [0.25, 0.3) is 262 Å². The van der Waals surface area contributed by atoms with E-state index < -0.39 is 0 Å². The normalized spacial score (nSPS) is 11.7. The van der Waals surface area contributed by atoms with Crippen LogP contribution >= 0.6 is 0 Å². The van der Waals surface area contributed by atoms with Crippen molar-refractivity contribution in [3.63, 3.8) is 0 Å². The molecule has 19 aromatic carbocycles. The summed E-state index contributed by atoms with van der Waals surface area (Å²) in [6.07, 6.45) is 0. The summed E-state index contributed by atoms with van der Waals surface area (Å²) in [5.41, 5.74) is 23.6. The molecule has 28 rings (SSSR count). The number of nitrogens with zero attached hydrogens (tertiary/aromatic N) is 12. The minimum absolute atomic E-state index is 0.625. The van der Waals surface area contributed by atoms with E-state index in [-0.39, 0.29) is 0 Å². The topological polar surface area (TPSA) is 170 Å². The van der Waals surface area contributed by atoms with Crippen LogP contribution in [0.1, 0.15) is 0 Å². The Labute approximate surface area is 777 Å². The maximum absolute atomic E-state index is 6.37. The summed E-state index contributed by atoms with van der Waals surface area (Å²) in [6, 6.07) is 154. The van der Waals surface area contributed by atoms with Gasteiger partial charge in [0.2, 0.25) is 0 Å². The zero-order chi connectivity index (χ0) is 89.7. The Bertz CT molecular complexity index is 9380. The van der Waals surface area contributed by atoms with Crippen molar-refractivity contribution in [2.45, 2.75) is 0 Å². The highest BCUT2D eigenvalue weighted by Gasteiger charge is 2.25. The van der Waals surface area contributed by atoms with Crippen LogP contribution in [0.5, 0.6) is 0 Å². The van der Waals surface area contributed by atoms with E-state index in [2.05, 4.69) is 244 Å². The molecule has 15 heteroatoms. The smallest absolute Gasteiger partial charge is 0.164 e. The molecule has 0 unspecified atom stereocenters. The largest absolute Gasteiger partial charge is 0.456 e. The van der Waals surface area contributed by atoms with Crippen molar-refractivity contribution >= 4 is 142 Å². The molecular weight excluding hydrogens is 1670 g/mol. The first-order chi connectivity index (χ1) is 67.4. The molecule has 0 atom stereocenters. The third kappa shape index (κ3) is 13.7. The first kappa shape index (κ1) is 78.3. The molecule has 0 aliphatic rings. The molecule has 0 aliphatic carbocycles. The van der Waals surface area contributed by atoms with Crippen LogP contribution < -0.4 is 0 Å². The van der Waals surface area contributed by atoms with Gasteiger partial charge in [0.05, 0.1) is 38.8 Å². The van der Waals surface area contributed by atoms with Crippen molar-refractivity contribution in [2.75, 3.05) is 0 Å². The summed E-state index contributed by atoms with van der Waals surface area (Å²) in [7, 11) is 0. The van der Waals surface area contributed by atoms with Crippen molar-refractivity contribution in [3.8, 4) is 120 Å². The predicted octanol–water partition coefficient (Wildman–Crippen LogP) is 30.8. The van der Waals surface area contributed by atoms with Gasteiger partial charge in [-0.15, -0.1) is 0 Å². The maximum Gasteiger partial charge on any atom is 0.164 e. The van der Waals surface area contributed by atoms with Crippen LogP contribution in [0.15, 0.2) is 462 Å². The Hall–Kier alpha value is -18.7. The zero-order valence-corrected chi connectivity index (χ0v) is 72.8. The summed E-state index contributed by atoms with van der Waals surface area (Å²) < 4.78 is 25.9. The minimum Gasteiger partial charge on any atom is -0.456 e. The molecule has 9 heterocycles. The fourth-order valence-corrected chi connectivity index (χ4v) is 19.4. The first-order valence-electron chi connectivity index (χ1n) is 45.3. The van der Waals surface area contributed by atoms with Crippen molar-refractivity contribution in [1.82, 2.24) is 58.6 Å². The number of rotatable bonds is 12. The van der Waals surface area contributed by atoms with Gasteiger partial charge in [0.1, 0.15) is 33.5 Å². The monoisotopic (exact) mass is 1740 g/mol. The van der Waals surface area contributed by atoms with Gasteiger partial charge < -0.3 is 27.0 Å². The van der Waals surface area contributed by atoms with Gasteiger partial charge in [0, 0.05) is 150 Å². The van der Waals surface area contributed by atoms with E-state index >= 15 is 0 Å². The molecule has 0 radical (unpaired) electrons. The lowest BCUT2D eigenvalue weighted by Crippen LogP contribution is -2.01. The molecule has 0 N–H and O–H groups in total. The van der Waals surface area contributed by atoms with E-state index in [1.807, 2.05) is 218 Å². The van der Waals surface area contributed by atoms with Crippen molar-refractivity contribution in [3.05, 3.63) is 449 Å². The van der Waals surface area contributed by atoms with Gasteiger partial charge in [-0.2, -0.15) is 0 Å². The van der Waals surface area contributed by atoms with Crippen LogP contribution in [0, 0.1) is 0 Å². The van der Waals surface area contributed by atoms with E-state index in [9.17, 15) is 0 Å². The van der Waals surface area contributed by atoms with Gasteiger partial charge in [-0.05, 0) is 109 Å². The first-order valence-corrected chi connectivity index (χ1v) is 45.3. The molecule has 0 saturated heterocycles. The predicted molar refractivity (Wildman–Crippen MR) is 551 cm³/mol. The Morgan fingerprint density at radius 1 is 0.140 bits per heavy atom. The second-order valence-corrected chi connectivity index (χ2v) is 33.8. The van der Waals surface area contributed by atoms with Crippen LogP contribution in [0.4, 0.5) is 0 Å². The Morgan fingerprint density at radius 3 is 0.779 bits per heavy atom. The molecule has 0 saturated carbocycles. The summed E-state index contributed by atoms with van der Waals surface area (Å²) >= 11 is 0. The van der Waals surface area contributed by atoms with Crippen LogP contribution in [-0.4, -0.2) is 58.6 Å². The highest BCUT2D eigenvalue weighted by atomic mass is 16.3. The second-order valence-electron chi connectivity index (χ2n) is 33.8. The minimum atomic E-state index is 0.625. The van der Waals surface area contributed by atoms with E-state index in [4.69, 9.17) is 58.1 Å². The van der Waals surface area contributed by atoms with Crippen LogP contribution in [0.2, 0.25) is 0 Å². The van der Waals surface area contributed by atoms with Crippen molar-refractivity contribution < 1.29 is 13.3 Å². The summed E-state index contributed by atoms with van der Waals surface area (Å²) in [4.78, 5) is 44.5.